The molecule has 130 valence electrons. The Morgan fingerprint density at radius 2 is 1.62 bits per heavy atom. The van der Waals surface area contributed by atoms with Crippen LogP contribution in [0.25, 0.3) is 0 Å². The number of carboxylic acids is 1. The van der Waals surface area contributed by atoms with Crippen molar-refractivity contribution in [3.05, 3.63) is 66.8 Å². The lowest BCUT2D eigenvalue weighted by molar-refractivity contribution is -0.137. The van der Waals surface area contributed by atoms with Gasteiger partial charge in [0.2, 0.25) is 0 Å². The lowest BCUT2D eigenvalue weighted by atomic mass is 10.1. The van der Waals surface area contributed by atoms with Gasteiger partial charge in [-0.1, -0.05) is 54.7 Å². The van der Waals surface area contributed by atoms with Crippen LogP contribution in [-0.4, -0.2) is 40.1 Å². The summed E-state index contributed by atoms with van der Waals surface area (Å²) in [6.07, 6.45) is 9.60. The van der Waals surface area contributed by atoms with Crippen molar-refractivity contribution in [2.45, 2.75) is 31.5 Å². The van der Waals surface area contributed by atoms with Gasteiger partial charge in [-0.25, -0.2) is 0 Å². The Labute approximate surface area is 142 Å². The highest BCUT2D eigenvalue weighted by atomic mass is 16.5. The molecule has 2 atom stereocenters. The predicted molar refractivity (Wildman–Crippen MR) is 92.9 cm³/mol. The number of aliphatic carboxylic acids is 1. The van der Waals surface area contributed by atoms with Gasteiger partial charge in [-0.15, -0.1) is 0 Å². The Hall–Kier alpha value is -2.37. The molecule has 24 heavy (non-hydrogen) atoms. The van der Waals surface area contributed by atoms with Crippen molar-refractivity contribution in [1.82, 2.24) is 0 Å². The number of benzene rings is 1. The molecule has 0 bridgehead atoms. The van der Waals surface area contributed by atoms with Crippen molar-refractivity contribution in [2.24, 2.45) is 0 Å². The summed E-state index contributed by atoms with van der Waals surface area (Å²) in [7, 11) is 0. The fourth-order valence-corrected chi connectivity index (χ4v) is 1.83. The minimum atomic E-state index is -0.856. The fraction of sp³-hybridized carbons (Fsp3) is 0.316. The lowest BCUT2D eigenvalue weighted by Crippen LogP contribution is -2.14. The van der Waals surface area contributed by atoms with Gasteiger partial charge < -0.3 is 20.1 Å². The molecule has 0 amide bonds. The zero-order valence-corrected chi connectivity index (χ0v) is 13.5. The van der Waals surface area contributed by atoms with Gasteiger partial charge in [-0.05, 0) is 25.0 Å². The van der Waals surface area contributed by atoms with E-state index in [1.165, 1.54) is 0 Å². The summed E-state index contributed by atoms with van der Waals surface area (Å²) in [5.74, 6) is -0.147. The number of hydrogen-bond donors (Lipinski definition) is 3. The Morgan fingerprint density at radius 3 is 2.25 bits per heavy atom. The number of para-hydroxylation sites is 1. The molecule has 1 aromatic rings. The molecular weight excluding hydrogens is 308 g/mol. The van der Waals surface area contributed by atoms with E-state index in [2.05, 4.69) is 0 Å². The second kappa shape index (κ2) is 12.1. The summed E-state index contributed by atoms with van der Waals surface area (Å²) < 4.78 is 5.42. The molecule has 0 aliphatic carbocycles. The summed E-state index contributed by atoms with van der Waals surface area (Å²) in [5.41, 5.74) is 0. The molecule has 0 spiro atoms. The Morgan fingerprint density at radius 1 is 1.00 bits per heavy atom. The molecule has 1 aromatic carbocycles. The number of aliphatic hydroxyl groups excluding tert-OH is 2. The summed E-state index contributed by atoms with van der Waals surface area (Å²) in [5, 5.41) is 27.8. The molecule has 0 fully saturated rings. The second-order valence-corrected chi connectivity index (χ2v) is 5.20. The van der Waals surface area contributed by atoms with Gasteiger partial charge in [0, 0.05) is 6.42 Å². The number of carbonyl (C=O) groups is 1. The van der Waals surface area contributed by atoms with Crippen LogP contribution in [0.1, 0.15) is 19.3 Å². The summed E-state index contributed by atoms with van der Waals surface area (Å²) in [6, 6.07) is 9.27. The van der Waals surface area contributed by atoms with Crippen LogP contribution in [0.15, 0.2) is 66.8 Å². The molecule has 5 nitrogen and oxygen atoms in total. The van der Waals surface area contributed by atoms with Crippen molar-refractivity contribution in [3.63, 3.8) is 0 Å². The average molecular weight is 332 g/mol. The third-order valence-electron chi connectivity index (χ3n) is 3.05. The van der Waals surface area contributed by atoms with Crippen LogP contribution in [0, 0.1) is 0 Å². The zero-order chi connectivity index (χ0) is 17.6. The maximum absolute atomic E-state index is 10.3. The first-order valence-electron chi connectivity index (χ1n) is 7.85. The van der Waals surface area contributed by atoms with Gasteiger partial charge in [0.25, 0.3) is 0 Å². The first-order valence-corrected chi connectivity index (χ1v) is 7.85. The molecule has 3 N–H and O–H groups in total. The van der Waals surface area contributed by atoms with E-state index in [0.29, 0.717) is 18.6 Å². The summed E-state index contributed by atoms with van der Waals surface area (Å²) >= 11 is 0. The van der Waals surface area contributed by atoms with Crippen molar-refractivity contribution in [3.8, 4) is 5.75 Å². The first-order chi connectivity index (χ1) is 11.6. The van der Waals surface area contributed by atoms with Gasteiger partial charge in [0.15, 0.2) is 0 Å². The van der Waals surface area contributed by atoms with Gasteiger partial charge in [0.05, 0.1) is 6.10 Å². The van der Waals surface area contributed by atoms with Crippen molar-refractivity contribution < 1.29 is 24.9 Å². The topological polar surface area (TPSA) is 87.0 Å². The first kappa shape index (κ1) is 19.7. The summed E-state index contributed by atoms with van der Waals surface area (Å²) in [6.45, 7) is 0.173. The largest absolute Gasteiger partial charge is 0.491 e. The van der Waals surface area contributed by atoms with E-state index >= 15 is 0 Å². The second-order valence-electron chi connectivity index (χ2n) is 5.20. The van der Waals surface area contributed by atoms with E-state index in [1.807, 2.05) is 30.3 Å². The van der Waals surface area contributed by atoms with Gasteiger partial charge in [0.1, 0.15) is 18.5 Å². The van der Waals surface area contributed by atoms with Gasteiger partial charge in [-0.2, -0.15) is 0 Å². The van der Waals surface area contributed by atoms with E-state index in [1.54, 1.807) is 36.5 Å². The van der Waals surface area contributed by atoms with Gasteiger partial charge >= 0.3 is 5.97 Å². The standard InChI is InChI=1S/C19H24O5/c20-16(11-8-14-19(22)23)9-4-1-2-5-10-17(21)15-24-18-12-6-3-7-13-18/h1-7,9-10,12-13,16-17,20-21H,8,11,14-15H2,(H,22,23). The van der Waals surface area contributed by atoms with Gasteiger partial charge in [-0.3, -0.25) is 4.79 Å². The predicted octanol–water partition coefficient (Wildman–Crippen LogP) is 2.71. The lowest BCUT2D eigenvalue weighted by Gasteiger charge is -2.08. The molecule has 0 aliphatic rings. The van der Waals surface area contributed by atoms with E-state index in [9.17, 15) is 15.0 Å². The molecule has 0 saturated carbocycles. The number of allylic oxidation sites excluding steroid dienone is 4. The molecule has 0 heterocycles. The molecule has 0 aromatic heterocycles. The van der Waals surface area contributed by atoms with E-state index in [-0.39, 0.29) is 13.0 Å². The molecule has 0 saturated heterocycles. The van der Waals surface area contributed by atoms with Crippen LogP contribution in [0.4, 0.5) is 0 Å². The molecule has 0 aliphatic heterocycles. The van der Waals surface area contributed by atoms with Crippen molar-refractivity contribution >= 4 is 5.97 Å². The highest BCUT2D eigenvalue weighted by Crippen LogP contribution is 2.08. The third-order valence-corrected chi connectivity index (χ3v) is 3.05. The Kier molecular flexibility index (Phi) is 9.92. The normalized spacial score (nSPS) is 14.4. The number of ether oxygens (including phenoxy) is 1. The van der Waals surface area contributed by atoms with Crippen LogP contribution in [0.3, 0.4) is 0 Å². The minimum absolute atomic E-state index is 0.0619. The number of aliphatic hydroxyl groups is 2. The Bertz CT molecular complexity index is 548. The van der Waals surface area contributed by atoms with Crippen LogP contribution < -0.4 is 4.74 Å². The Balaban J connectivity index is 2.19. The minimum Gasteiger partial charge on any atom is -0.491 e. The monoisotopic (exact) mass is 332 g/mol. The maximum atomic E-state index is 10.3. The van der Waals surface area contributed by atoms with E-state index < -0.39 is 18.2 Å². The summed E-state index contributed by atoms with van der Waals surface area (Å²) in [4.78, 5) is 10.3. The molecule has 5 heteroatoms. The maximum Gasteiger partial charge on any atom is 0.303 e. The van der Waals surface area contributed by atoms with Crippen molar-refractivity contribution in [2.75, 3.05) is 6.61 Å². The van der Waals surface area contributed by atoms with Crippen molar-refractivity contribution in [1.29, 1.82) is 0 Å². The molecular formula is C19H24O5. The van der Waals surface area contributed by atoms with Crippen LogP contribution in [0.2, 0.25) is 0 Å². The highest BCUT2D eigenvalue weighted by molar-refractivity contribution is 5.66. The van der Waals surface area contributed by atoms with Crippen LogP contribution >= 0.6 is 0 Å². The van der Waals surface area contributed by atoms with Crippen LogP contribution in [-0.2, 0) is 4.79 Å². The smallest absolute Gasteiger partial charge is 0.303 e. The van der Waals surface area contributed by atoms with Crippen LogP contribution in [0.5, 0.6) is 5.75 Å². The quantitative estimate of drug-likeness (QED) is 0.542. The van der Waals surface area contributed by atoms with E-state index in [0.717, 1.165) is 0 Å². The van der Waals surface area contributed by atoms with E-state index in [4.69, 9.17) is 9.84 Å². The average Bonchev–Trinajstić information content (AvgIpc) is 2.56. The molecule has 2 unspecified atom stereocenters. The number of rotatable bonds is 11. The number of carboxylic acid groups (broad SMARTS) is 1. The fourth-order valence-electron chi connectivity index (χ4n) is 1.83. The zero-order valence-electron chi connectivity index (χ0n) is 13.5. The number of hydrogen-bond acceptors (Lipinski definition) is 4. The SMILES string of the molecule is O=C(O)CCCC(O)C=CC=CC=CC(O)COc1ccccc1. The third kappa shape index (κ3) is 10.4. The molecule has 0 radical (unpaired) electrons. The highest BCUT2D eigenvalue weighted by Gasteiger charge is 2.01. The molecule has 1 rings (SSSR count).